The van der Waals surface area contributed by atoms with Crippen LogP contribution in [0.4, 0.5) is 5.69 Å². The number of nitrogens with one attached hydrogen (secondary N) is 2. The Kier molecular flexibility index (Phi) is 5.40. The molecule has 0 unspecified atom stereocenters. The lowest BCUT2D eigenvalue weighted by Gasteiger charge is -2.17. The monoisotopic (exact) mass is 368 g/mol. The lowest BCUT2D eigenvalue weighted by Crippen LogP contribution is -2.29. The van der Waals surface area contributed by atoms with Crippen LogP contribution in [0.5, 0.6) is 11.5 Å². The van der Waals surface area contributed by atoms with Crippen molar-refractivity contribution in [2.45, 2.75) is 12.8 Å². The van der Waals surface area contributed by atoms with Gasteiger partial charge in [0.15, 0.2) is 17.3 Å². The van der Waals surface area contributed by atoms with Gasteiger partial charge in [0.05, 0.1) is 20.8 Å². The van der Waals surface area contributed by atoms with E-state index >= 15 is 0 Å². The normalized spacial score (nSPS) is 12.6. The molecule has 0 saturated carbocycles. The van der Waals surface area contributed by atoms with E-state index in [4.69, 9.17) is 9.47 Å². The first-order valence-electron chi connectivity index (χ1n) is 8.48. The largest absolute Gasteiger partial charge is 0.493 e. The number of hydrogen-bond acceptors (Lipinski definition) is 5. The number of fused-ring (bicyclic) bond motifs is 1. The van der Waals surface area contributed by atoms with Crippen molar-refractivity contribution in [1.29, 1.82) is 0 Å². The summed E-state index contributed by atoms with van der Waals surface area (Å²) in [6, 6.07) is 9.92. The summed E-state index contributed by atoms with van der Waals surface area (Å²) in [4.78, 5) is 36.1. The molecule has 2 N–H and O–H groups in total. The van der Waals surface area contributed by atoms with Gasteiger partial charge in [0.1, 0.15) is 0 Å². The fourth-order valence-electron chi connectivity index (χ4n) is 2.90. The number of rotatable bonds is 6. The second-order valence-electron chi connectivity index (χ2n) is 6.10. The summed E-state index contributed by atoms with van der Waals surface area (Å²) >= 11 is 0. The number of hydrogen-bond donors (Lipinski definition) is 2. The summed E-state index contributed by atoms with van der Waals surface area (Å²) in [5.41, 5.74) is 2.52. The number of benzene rings is 2. The molecule has 0 saturated heterocycles. The lowest BCUT2D eigenvalue weighted by atomic mass is 9.99. The highest BCUT2D eigenvalue weighted by Gasteiger charge is 2.17. The van der Waals surface area contributed by atoms with E-state index in [-0.39, 0.29) is 24.1 Å². The Balaban J connectivity index is 1.65. The van der Waals surface area contributed by atoms with Crippen molar-refractivity contribution in [2.24, 2.45) is 0 Å². The predicted molar refractivity (Wildman–Crippen MR) is 99.6 cm³/mol. The van der Waals surface area contributed by atoms with Gasteiger partial charge in [-0.2, -0.15) is 0 Å². The van der Waals surface area contributed by atoms with Gasteiger partial charge in [-0.25, -0.2) is 0 Å². The van der Waals surface area contributed by atoms with E-state index in [0.29, 0.717) is 35.5 Å². The molecule has 7 heteroatoms. The Morgan fingerprint density at radius 2 is 1.74 bits per heavy atom. The van der Waals surface area contributed by atoms with Crippen LogP contribution in [0.25, 0.3) is 0 Å². The Hall–Kier alpha value is -3.35. The standard InChI is InChI=1S/C20H20N2O5/c1-26-17-7-4-14(10-18(17)27-2)20(25)21-11-16(23)13-3-6-15-12(9-13)5-8-19(24)22-15/h3-4,6-7,9-10H,5,8,11H2,1-2H3,(H,21,25)(H,22,24). The van der Waals surface area contributed by atoms with Gasteiger partial charge in [0, 0.05) is 23.2 Å². The predicted octanol–water partition coefficient (Wildman–Crippen LogP) is 2.20. The van der Waals surface area contributed by atoms with Crippen LogP contribution in [-0.2, 0) is 11.2 Å². The van der Waals surface area contributed by atoms with E-state index in [0.717, 1.165) is 11.3 Å². The van der Waals surface area contributed by atoms with Gasteiger partial charge in [0.2, 0.25) is 5.91 Å². The van der Waals surface area contributed by atoms with Crippen LogP contribution < -0.4 is 20.1 Å². The van der Waals surface area contributed by atoms with E-state index in [2.05, 4.69) is 10.6 Å². The molecule has 27 heavy (non-hydrogen) atoms. The summed E-state index contributed by atoms with van der Waals surface area (Å²) in [6.07, 6.45) is 1.00. The second kappa shape index (κ2) is 7.90. The van der Waals surface area contributed by atoms with Gasteiger partial charge in [-0.05, 0) is 48.4 Å². The zero-order chi connectivity index (χ0) is 19.4. The molecule has 0 aromatic heterocycles. The second-order valence-corrected chi connectivity index (χ2v) is 6.10. The van der Waals surface area contributed by atoms with Gasteiger partial charge in [-0.15, -0.1) is 0 Å². The van der Waals surface area contributed by atoms with Crippen molar-refractivity contribution in [3.63, 3.8) is 0 Å². The van der Waals surface area contributed by atoms with Crippen molar-refractivity contribution in [2.75, 3.05) is 26.1 Å². The smallest absolute Gasteiger partial charge is 0.251 e. The third-order valence-corrected chi connectivity index (χ3v) is 4.38. The number of ketones is 1. The van der Waals surface area contributed by atoms with E-state index < -0.39 is 0 Å². The highest BCUT2D eigenvalue weighted by molar-refractivity contribution is 6.03. The molecule has 7 nitrogen and oxygen atoms in total. The summed E-state index contributed by atoms with van der Waals surface area (Å²) in [6.45, 7) is -0.127. The number of ether oxygens (including phenoxy) is 2. The highest BCUT2D eigenvalue weighted by atomic mass is 16.5. The van der Waals surface area contributed by atoms with Crippen LogP contribution in [-0.4, -0.2) is 38.4 Å². The Morgan fingerprint density at radius 3 is 2.48 bits per heavy atom. The zero-order valence-corrected chi connectivity index (χ0v) is 15.1. The van der Waals surface area contributed by atoms with Crippen LogP contribution in [0.2, 0.25) is 0 Å². The molecule has 0 aliphatic carbocycles. The van der Waals surface area contributed by atoms with Crippen LogP contribution in [0.1, 0.15) is 32.7 Å². The fourth-order valence-corrected chi connectivity index (χ4v) is 2.90. The average Bonchev–Trinajstić information content (AvgIpc) is 2.70. The Bertz CT molecular complexity index is 907. The Labute approximate surface area is 156 Å². The van der Waals surface area contributed by atoms with Crippen molar-refractivity contribution >= 4 is 23.3 Å². The topological polar surface area (TPSA) is 93.7 Å². The molecule has 1 heterocycles. The van der Waals surface area contributed by atoms with E-state index in [1.165, 1.54) is 14.2 Å². The van der Waals surface area contributed by atoms with E-state index in [1.54, 1.807) is 36.4 Å². The maximum Gasteiger partial charge on any atom is 0.251 e. The molecule has 1 aliphatic rings. The van der Waals surface area contributed by atoms with E-state index in [1.807, 2.05) is 0 Å². The van der Waals surface area contributed by atoms with Crippen LogP contribution in [0.15, 0.2) is 36.4 Å². The highest BCUT2D eigenvalue weighted by Crippen LogP contribution is 2.27. The number of anilines is 1. The van der Waals surface area contributed by atoms with Crippen molar-refractivity contribution < 1.29 is 23.9 Å². The molecule has 0 radical (unpaired) electrons. The third-order valence-electron chi connectivity index (χ3n) is 4.38. The number of carbonyl (C=O) groups is 3. The number of aryl methyl sites for hydroxylation is 1. The van der Waals surface area contributed by atoms with Crippen molar-refractivity contribution in [3.05, 3.63) is 53.1 Å². The first kappa shape index (κ1) is 18.4. The summed E-state index contributed by atoms with van der Waals surface area (Å²) in [7, 11) is 3.00. The molecular weight excluding hydrogens is 348 g/mol. The molecule has 0 fully saturated rings. The van der Waals surface area contributed by atoms with Crippen molar-refractivity contribution in [1.82, 2.24) is 5.32 Å². The minimum atomic E-state index is -0.380. The molecule has 0 spiro atoms. The zero-order valence-electron chi connectivity index (χ0n) is 15.1. The molecule has 140 valence electrons. The van der Waals surface area contributed by atoms with Crippen LogP contribution >= 0.6 is 0 Å². The number of amides is 2. The van der Waals surface area contributed by atoms with Gasteiger partial charge < -0.3 is 20.1 Å². The molecular formula is C20H20N2O5. The summed E-state index contributed by atoms with van der Waals surface area (Å²) in [5.74, 6) is 0.348. The maximum absolute atomic E-state index is 12.4. The molecule has 0 atom stereocenters. The van der Waals surface area contributed by atoms with Gasteiger partial charge >= 0.3 is 0 Å². The first-order chi connectivity index (χ1) is 13.0. The minimum Gasteiger partial charge on any atom is -0.493 e. The lowest BCUT2D eigenvalue weighted by molar-refractivity contribution is -0.116. The maximum atomic E-state index is 12.4. The molecule has 1 aliphatic heterocycles. The summed E-state index contributed by atoms with van der Waals surface area (Å²) < 4.78 is 10.3. The quantitative estimate of drug-likeness (QED) is 0.763. The minimum absolute atomic E-state index is 0.0243. The molecule has 0 bridgehead atoms. The molecule has 3 rings (SSSR count). The first-order valence-corrected chi connectivity index (χ1v) is 8.48. The van der Waals surface area contributed by atoms with Crippen LogP contribution in [0, 0.1) is 0 Å². The van der Waals surface area contributed by atoms with Gasteiger partial charge in [-0.1, -0.05) is 0 Å². The van der Waals surface area contributed by atoms with E-state index in [9.17, 15) is 14.4 Å². The van der Waals surface area contributed by atoms with Crippen molar-refractivity contribution in [3.8, 4) is 11.5 Å². The molecule has 2 amide bonds. The van der Waals surface area contributed by atoms with Gasteiger partial charge in [-0.3, -0.25) is 14.4 Å². The number of methoxy groups -OCH3 is 2. The number of Topliss-reactive ketones (excluding diaryl/α,β-unsaturated/α-hetero) is 1. The average molecular weight is 368 g/mol. The van der Waals surface area contributed by atoms with Gasteiger partial charge in [0.25, 0.3) is 5.91 Å². The molecule has 2 aromatic carbocycles. The van der Waals surface area contributed by atoms with Crippen LogP contribution in [0.3, 0.4) is 0 Å². The number of carbonyl (C=O) groups excluding carboxylic acids is 3. The summed E-state index contributed by atoms with van der Waals surface area (Å²) in [5, 5.41) is 5.39. The molecule has 2 aromatic rings. The third kappa shape index (κ3) is 4.08. The fraction of sp³-hybridized carbons (Fsp3) is 0.250. The Morgan fingerprint density at radius 1 is 1.00 bits per heavy atom. The SMILES string of the molecule is COc1ccc(C(=O)NCC(=O)c2ccc3c(c2)CCC(=O)N3)cc1OC.